The molecule has 0 fully saturated rings. The SMILES string of the molecule is CCOCCCNS(=O)(=O)c1c(Cl)cc(N)cc1Cl. The van der Waals surface area contributed by atoms with Gasteiger partial charge in [0.1, 0.15) is 4.90 Å². The van der Waals surface area contributed by atoms with E-state index in [1.807, 2.05) is 6.92 Å². The van der Waals surface area contributed by atoms with Gasteiger partial charge in [0, 0.05) is 25.4 Å². The number of ether oxygens (including phenoxy) is 1. The summed E-state index contributed by atoms with van der Waals surface area (Å²) in [6.45, 7) is 3.21. The van der Waals surface area contributed by atoms with Gasteiger partial charge in [0.15, 0.2) is 0 Å². The number of halogens is 2. The van der Waals surface area contributed by atoms with Crippen LogP contribution < -0.4 is 10.5 Å². The number of benzene rings is 1. The summed E-state index contributed by atoms with van der Waals surface area (Å²) in [6.07, 6.45) is 0.567. The predicted molar refractivity (Wildman–Crippen MR) is 77.2 cm³/mol. The summed E-state index contributed by atoms with van der Waals surface area (Å²) in [6, 6.07) is 2.70. The second kappa shape index (κ2) is 7.31. The number of nitrogens with two attached hydrogens (primary N) is 1. The molecule has 0 aromatic heterocycles. The number of hydrogen-bond acceptors (Lipinski definition) is 4. The van der Waals surface area contributed by atoms with Crippen molar-refractivity contribution < 1.29 is 13.2 Å². The van der Waals surface area contributed by atoms with Crippen molar-refractivity contribution in [1.82, 2.24) is 4.72 Å². The Morgan fingerprint density at radius 2 is 1.89 bits per heavy atom. The molecule has 0 atom stereocenters. The zero-order chi connectivity index (χ0) is 14.5. The van der Waals surface area contributed by atoms with E-state index in [1.165, 1.54) is 12.1 Å². The molecule has 0 saturated heterocycles. The molecule has 0 unspecified atom stereocenters. The first-order chi connectivity index (χ1) is 8.88. The molecule has 5 nitrogen and oxygen atoms in total. The highest BCUT2D eigenvalue weighted by atomic mass is 35.5. The Kier molecular flexibility index (Phi) is 6.35. The van der Waals surface area contributed by atoms with Crippen molar-refractivity contribution in [2.24, 2.45) is 0 Å². The highest BCUT2D eigenvalue weighted by Gasteiger charge is 2.21. The van der Waals surface area contributed by atoms with Crippen LogP contribution >= 0.6 is 23.2 Å². The van der Waals surface area contributed by atoms with Gasteiger partial charge in [0.2, 0.25) is 10.0 Å². The molecule has 0 aliphatic rings. The quantitative estimate of drug-likeness (QED) is 0.595. The molecule has 0 aliphatic heterocycles. The second-order valence-electron chi connectivity index (χ2n) is 3.76. The maximum absolute atomic E-state index is 12.1. The van der Waals surface area contributed by atoms with E-state index >= 15 is 0 Å². The van der Waals surface area contributed by atoms with Crippen LogP contribution in [0.1, 0.15) is 13.3 Å². The minimum Gasteiger partial charge on any atom is -0.399 e. The molecule has 0 amide bonds. The van der Waals surface area contributed by atoms with Crippen LogP contribution in [0.4, 0.5) is 5.69 Å². The molecule has 19 heavy (non-hydrogen) atoms. The number of nitrogens with one attached hydrogen (secondary N) is 1. The van der Waals surface area contributed by atoms with E-state index in [-0.39, 0.29) is 21.5 Å². The lowest BCUT2D eigenvalue weighted by atomic mass is 10.3. The molecule has 0 radical (unpaired) electrons. The largest absolute Gasteiger partial charge is 0.399 e. The van der Waals surface area contributed by atoms with Crippen LogP contribution in [0, 0.1) is 0 Å². The topological polar surface area (TPSA) is 81.4 Å². The van der Waals surface area contributed by atoms with Crippen molar-refractivity contribution in [2.45, 2.75) is 18.2 Å². The van der Waals surface area contributed by atoms with Gasteiger partial charge in [-0.05, 0) is 25.5 Å². The molecule has 8 heteroatoms. The molecule has 0 saturated carbocycles. The van der Waals surface area contributed by atoms with Gasteiger partial charge in [-0.15, -0.1) is 0 Å². The fraction of sp³-hybridized carbons (Fsp3) is 0.455. The summed E-state index contributed by atoms with van der Waals surface area (Å²) in [5.74, 6) is 0. The van der Waals surface area contributed by atoms with Crippen LogP contribution in [0.25, 0.3) is 0 Å². The Morgan fingerprint density at radius 1 is 1.32 bits per heavy atom. The van der Waals surface area contributed by atoms with Crippen LogP contribution in [-0.4, -0.2) is 28.2 Å². The van der Waals surface area contributed by atoms with E-state index in [9.17, 15) is 8.42 Å². The van der Waals surface area contributed by atoms with Gasteiger partial charge in [-0.3, -0.25) is 0 Å². The maximum Gasteiger partial charge on any atom is 0.243 e. The van der Waals surface area contributed by atoms with Crippen LogP contribution in [0.5, 0.6) is 0 Å². The summed E-state index contributed by atoms with van der Waals surface area (Å²) in [5, 5.41) is 0.00427. The molecule has 0 bridgehead atoms. The van der Waals surface area contributed by atoms with Crippen molar-refractivity contribution in [3.63, 3.8) is 0 Å². The zero-order valence-electron chi connectivity index (χ0n) is 10.4. The Hall–Kier alpha value is -0.530. The summed E-state index contributed by atoms with van der Waals surface area (Å²) in [7, 11) is -3.75. The van der Waals surface area contributed by atoms with Gasteiger partial charge in [0.25, 0.3) is 0 Å². The maximum atomic E-state index is 12.1. The molecule has 0 heterocycles. The van der Waals surface area contributed by atoms with E-state index in [0.717, 1.165) is 0 Å². The van der Waals surface area contributed by atoms with Crippen molar-refractivity contribution in [2.75, 3.05) is 25.5 Å². The molecule has 1 rings (SSSR count). The van der Waals surface area contributed by atoms with Gasteiger partial charge in [-0.1, -0.05) is 23.2 Å². The summed E-state index contributed by atoms with van der Waals surface area (Å²) in [5.41, 5.74) is 5.84. The molecule has 108 valence electrons. The average molecular weight is 327 g/mol. The molecule has 3 N–H and O–H groups in total. The standard InChI is InChI=1S/C11H16Cl2N2O3S/c1-2-18-5-3-4-15-19(16,17)11-9(12)6-8(14)7-10(11)13/h6-7,15H,2-5,14H2,1H3. The monoisotopic (exact) mass is 326 g/mol. The third kappa shape index (κ3) is 4.81. The van der Waals surface area contributed by atoms with E-state index in [0.29, 0.717) is 25.3 Å². The summed E-state index contributed by atoms with van der Waals surface area (Å²) in [4.78, 5) is -0.151. The molecular weight excluding hydrogens is 311 g/mol. The van der Waals surface area contributed by atoms with Gasteiger partial charge >= 0.3 is 0 Å². The van der Waals surface area contributed by atoms with Crippen molar-refractivity contribution in [1.29, 1.82) is 0 Å². The van der Waals surface area contributed by atoms with Gasteiger partial charge < -0.3 is 10.5 Å². The Labute approximate surface area is 123 Å². The van der Waals surface area contributed by atoms with Crippen LogP contribution in [0.2, 0.25) is 10.0 Å². The normalized spacial score (nSPS) is 11.7. The highest BCUT2D eigenvalue weighted by Crippen LogP contribution is 2.31. The molecule has 1 aromatic rings. The summed E-state index contributed by atoms with van der Waals surface area (Å²) >= 11 is 11.7. The highest BCUT2D eigenvalue weighted by molar-refractivity contribution is 7.89. The Morgan fingerprint density at radius 3 is 2.42 bits per heavy atom. The fourth-order valence-corrected chi connectivity index (χ4v) is 3.74. The lowest BCUT2D eigenvalue weighted by Gasteiger charge is -2.10. The first-order valence-electron chi connectivity index (χ1n) is 5.70. The van der Waals surface area contributed by atoms with E-state index < -0.39 is 10.0 Å². The van der Waals surface area contributed by atoms with Gasteiger partial charge in [-0.2, -0.15) is 0 Å². The Balaban J connectivity index is 2.78. The molecular formula is C11H16Cl2N2O3S. The third-order valence-corrected chi connectivity index (χ3v) is 4.63. The number of rotatable bonds is 7. The number of hydrogen-bond donors (Lipinski definition) is 2. The lowest BCUT2D eigenvalue weighted by Crippen LogP contribution is -2.26. The second-order valence-corrected chi connectivity index (χ2v) is 6.28. The van der Waals surface area contributed by atoms with Crippen LogP contribution in [0.3, 0.4) is 0 Å². The fourth-order valence-electron chi connectivity index (χ4n) is 1.43. The number of sulfonamides is 1. The molecule has 1 aromatic carbocycles. The van der Waals surface area contributed by atoms with E-state index in [2.05, 4.69) is 4.72 Å². The van der Waals surface area contributed by atoms with Crippen molar-refractivity contribution in [3.8, 4) is 0 Å². The smallest absolute Gasteiger partial charge is 0.243 e. The van der Waals surface area contributed by atoms with Crippen LogP contribution in [-0.2, 0) is 14.8 Å². The predicted octanol–water partition coefficient (Wildman–Crippen LogP) is 2.28. The van der Waals surface area contributed by atoms with Gasteiger partial charge in [-0.25, -0.2) is 13.1 Å². The zero-order valence-corrected chi connectivity index (χ0v) is 12.8. The Bertz CT molecular complexity index is 512. The number of anilines is 1. The van der Waals surface area contributed by atoms with Crippen molar-refractivity contribution in [3.05, 3.63) is 22.2 Å². The molecule has 0 aliphatic carbocycles. The minimum absolute atomic E-state index is 0.00214. The van der Waals surface area contributed by atoms with Crippen molar-refractivity contribution >= 4 is 38.9 Å². The molecule has 0 spiro atoms. The third-order valence-electron chi connectivity index (χ3n) is 2.25. The average Bonchev–Trinajstić information content (AvgIpc) is 2.26. The van der Waals surface area contributed by atoms with Crippen LogP contribution in [0.15, 0.2) is 17.0 Å². The first-order valence-corrected chi connectivity index (χ1v) is 7.94. The number of nitrogen functional groups attached to an aromatic ring is 1. The first kappa shape index (κ1) is 16.5. The van der Waals surface area contributed by atoms with E-state index in [1.54, 1.807) is 0 Å². The van der Waals surface area contributed by atoms with Gasteiger partial charge in [0.05, 0.1) is 10.0 Å². The lowest BCUT2D eigenvalue weighted by molar-refractivity contribution is 0.146. The van der Waals surface area contributed by atoms with E-state index in [4.69, 9.17) is 33.7 Å². The summed E-state index contributed by atoms with van der Waals surface area (Å²) < 4.78 is 31.6. The minimum atomic E-state index is -3.75.